The van der Waals surface area contributed by atoms with Crippen molar-refractivity contribution < 1.29 is 32.4 Å². The zero-order chi connectivity index (χ0) is 20.2. The molecule has 1 atom stereocenters. The van der Waals surface area contributed by atoms with E-state index in [2.05, 4.69) is 10.6 Å². The van der Waals surface area contributed by atoms with Crippen molar-refractivity contribution in [3.8, 4) is 0 Å². The molecule has 2 N–H and O–H groups in total. The predicted molar refractivity (Wildman–Crippen MR) is 87.9 cm³/mol. The topological polar surface area (TPSA) is 111 Å². The van der Waals surface area contributed by atoms with Crippen LogP contribution in [0.1, 0.15) is 31.7 Å². The number of anilines is 1. The van der Waals surface area contributed by atoms with Gasteiger partial charge in [0.15, 0.2) is 6.10 Å². The van der Waals surface area contributed by atoms with Crippen LogP contribution in [0.2, 0.25) is 0 Å². The van der Waals surface area contributed by atoms with E-state index in [1.54, 1.807) is 0 Å². The average Bonchev–Trinajstić information content (AvgIpc) is 3.37. The van der Waals surface area contributed by atoms with Crippen LogP contribution in [0, 0.1) is 10.1 Å². The summed E-state index contributed by atoms with van der Waals surface area (Å²) in [6.07, 6.45) is -4.12. The van der Waals surface area contributed by atoms with E-state index in [9.17, 15) is 32.9 Å². The van der Waals surface area contributed by atoms with E-state index in [0.29, 0.717) is 12.1 Å². The number of carbonyl (C=O) groups is 2. The number of ether oxygens (including phenoxy) is 1. The van der Waals surface area contributed by atoms with Gasteiger partial charge in [0, 0.05) is 18.7 Å². The molecule has 0 bridgehead atoms. The quantitative estimate of drug-likeness (QED) is 0.402. The summed E-state index contributed by atoms with van der Waals surface area (Å²) in [5.74, 6) is -1.12. The molecule has 0 aliphatic heterocycles. The summed E-state index contributed by atoms with van der Waals surface area (Å²) in [6.45, 7) is 1.31. The first-order valence-electron chi connectivity index (χ1n) is 8.17. The zero-order valence-electron chi connectivity index (χ0n) is 14.3. The Morgan fingerprint density at radius 1 is 1.37 bits per heavy atom. The number of nitro groups is 1. The smallest absolute Gasteiger partial charge is 0.416 e. The fourth-order valence-electron chi connectivity index (χ4n) is 2.16. The molecule has 1 aliphatic carbocycles. The Kier molecular flexibility index (Phi) is 6.24. The molecule has 1 aromatic rings. The van der Waals surface area contributed by atoms with Gasteiger partial charge >= 0.3 is 12.1 Å². The Bertz CT molecular complexity index is 735. The van der Waals surface area contributed by atoms with Gasteiger partial charge in [-0.3, -0.25) is 19.7 Å². The van der Waals surface area contributed by atoms with E-state index in [0.717, 1.165) is 18.9 Å². The first kappa shape index (κ1) is 20.5. The minimum atomic E-state index is -4.70. The lowest BCUT2D eigenvalue weighted by Crippen LogP contribution is -2.37. The third-order valence-corrected chi connectivity index (χ3v) is 3.77. The highest BCUT2D eigenvalue weighted by Crippen LogP contribution is 2.34. The molecule has 0 unspecified atom stereocenters. The number of benzene rings is 1. The molecule has 27 heavy (non-hydrogen) atoms. The van der Waals surface area contributed by atoms with Crippen LogP contribution in [0.5, 0.6) is 0 Å². The van der Waals surface area contributed by atoms with Gasteiger partial charge in [0.05, 0.1) is 16.9 Å². The highest BCUT2D eigenvalue weighted by molar-refractivity contribution is 5.83. The SMILES string of the molecule is C[C@H](OC(=O)CCNc1ccc(C(F)(F)F)cc1[N+](=O)[O-])C(=O)NC1CC1. The van der Waals surface area contributed by atoms with Gasteiger partial charge in [-0.05, 0) is 31.9 Å². The second-order valence-corrected chi connectivity index (χ2v) is 6.08. The largest absolute Gasteiger partial charge is 0.452 e. The molecular weight excluding hydrogens is 371 g/mol. The van der Waals surface area contributed by atoms with Gasteiger partial charge in [-0.1, -0.05) is 0 Å². The maximum atomic E-state index is 12.7. The predicted octanol–water partition coefficient (Wildman–Crippen LogP) is 2.63. The summed E-state index contributed by atoms with van der Waals surface area (Å²) in [5, 5.41) is 16.2. The molecule has 148 valence electrons. The van der Waals surface area contributed by atoms with Crippen LogP contribution < -0.4 is 10.6 Å². The molecule has 0 spiro atoms. The fourth-order valence-corrected chi connectivity index (χ4v) is 2.16. The van der Waals surface area contributed by atoms with E-state index in [1.807, 2.05) is 0 Å². The van der Waals surface area contributed by atoms with Crippen molar-refractivity contribution >= 4 is 23.3 Å². The third-order valence-electron chi connectivity index (χ3n) is 3.77. The van der Waals surface area contributed by atoms with Crippen LogP contribution in [0.25, 0.3) is 0 Å². The van der Waals surface area contributed by atoms with Crippen molar-refractivity contribution in [3.63, 3.8) is 0 Å². The molecule has 0 saturated heterocycles. The van der Waals surface area contributed by atoms with Gasteiger partial charge in [0.2, 0.25) is 0 Å². The van der Waals surface area contributed by atoms with E-state index in [-0.39, 0.29) is 24.7 Å². The van der Waals surface area contributed by atoms with E-state index < -0.39 is 40.3 Å². The number of hydrogen-bond acceptors (Lipinski definition) is 6. The molecule has 1 aromatic carbocycles. The van der Waals surface area contributed by atoms with Gasteiger partial charge in [-0.2, -0.15) is 13.2 Å². The second-order valence-electron chi connectivity index (χ2n) is 6.08. The van der Waals surface area contributed by atoms with Crippen molar-refractivity contribution in [2.45, 2.75) is 44.5 Å². The molecular formula is C16H18F3N3O5. The van der Waals surface area contributed by atoms with E-state index in [4.69, 9.17) is 4.74 Å². The molecule has 1 saturated carbocycles. The Morgan fingerprint density at radius 3 is 2.59 bits per heavy atom. The molecule has 2 rings (SSSR count). The molecule has 0 aromatic heterocycles. The fraction of sp³-hybridized carbons (Fsp3) is 0.500. The van der Waals surface area contributed by atoms with Gasteiger partial charge in [-0.25, -0.2) is 0 Å². The minimum absolute atomic E-state index is 0.109. The summed E-state index contributed by atoms with van der Waals surface area (Å²) in [5.41, 5.74) is -2.05. The number of carbonyl (C=O) groups excluding carboxylic acids is 2. The number of amides is 1. The highest BCUT2D eigenvalue weighted by atomic mass is 19.4. The zero-order valence-corrected chi connectivity index (χ0v) is 14.3. The molecule has 0 heterocycles. The number of halogens is 3. The monoisotopic (exact) mass is 389 g/mol. The summed E-state index contributed by atoms with van der Waals surface area (Å²) >= 11 is 0. The number of nitrogens with zero attached hydrogens (tertiary/aromatic N) is 1. The van der Waals surface area contributed by atoms with Crippen molar-refractivity contribution in [1.29, 1.82) is 0 Å². The van der Waals surface area contributed by atoms with E-state index >= 15 is 0 Å². The lowest BCUT2D eigenvalue weighted by molar-refractivity contribution is -0.384. The highest BCUT2D eigenvalue weighted by Gasteiger charge is 2.33. The normalized spacial score (nSPS) is 15.0. The van der Waals surface area contributed by atoms with Gasteiger partial charge in [0.1, 0.15) is 5.69 Å². The Balaban J connectivity index is 1.87. The molecule has 11 heteroatoms. The molecule has 1 amide bonds. The lowest BCUT2D eigenvalue weighted by Gasteiger charge is -2.14. The summed E-state index contributed by atoms with van der Waals surface area (Å²) in [7, 11) is 0. The van der Waals surface area contributed by atoms with Crippen LogP contribution in [-0.2, 0) is 20.5 Å². The summed E-state index contributed by atoms with van der Waals surface area (Å²) < 4.78 is 42.9. The minimum Gasteiger partial charge on any atom is -0.452 e. The van der Waals surface area contributed by atoms with Crippen LogP contribution in [0.4, 0.5) is 24.5 Å². The van der Waals surface area contributed by atoms with Crippen molar-refractivity contribution in [2.75, 3.05) is 11.9 Å². The van der Waals surface area contributed by atoms with Gasteiger partial charge in [-0.15, -0.1) is 0 Å². The molecule has 0 radical (unpaired) electrons. The number of nitro benzene ring substituents is 1. The Labute approximate surface area is 152 Å². The first-order valence-corrected chi connectivity index (χ1v) is 8.17. The number of alkyl halides is 3. The van der Waals surface area contributed by atoms with E-state index in [1.165, 1.54) is 6.92 Å². The number of esters is 1. The van der Waals surface area contributed by atoms with Crippen molar-refractivity contribution in [2.24, 2.45) is 0 Å². The molecule has 1 fully saturated rings. The van der Waals surface area contributed by atoms with Crippen molar-refractivity contribution in [1.82, 2.24) is 5.32 Å². The second kappa shape index (κ2) is 8.23. The number of rotatable bonds is 8. The number of hydrogen-bond donors (Lipinski definition) is 2. The summed E-state index contributed by atoms with van der Waals surface area (Å²) in [6, 6.07) is 2.18. The van der Waals surface area contributed by atoms with Gasteiger partial charge < -0.3 is 15.4 Å². The van der Waals surface area contributed by atoms with Crippen LogP contribution in [0.3, 0.4) is 0 Å². The van der Waals surface area contributed by atoms with Crippen LogP contribution in [-0.4, -0.2) is 35.5 Å². The number of nitrogens with one attached hydrogen (secondary N) is 2. The summed E-state index contributed by atoms with van der Waals surface area (Å²) in [4.78, 5) is 33.4. The molecule has 1 aliphatic rings. The van der Waals surface area contributed by atoms with Crippen molar-refractivity contribution in [3.05, 3.63) is 33.9 Å². The molecule has 8 nitrogen and oxygen atoms in total. The maximum absolute atomic E-state index is 12.7. The van der Waals surface area contributed by atoms with Crippen LogP contribution >= 0.6 is 0 Å². The Morgan fingerprint density at radius 2 is 2.04 bits per heavy atom. The standard InChI is InChI=1S/C16H18F3N3O5/c1-9(15(24)21-11-3-4-11)27-14(23)6-7-20-12-5-2-10(16(17,18)19)8-13(12)22(25)26/h2,5,8-9,11,20H,3-4,6-7H2,1H3,(H,21,24)/t9-/m0/s1. The average molecular weight is 389 g/mol. The third kappa shape index (κ3) is 6.12. The van der Waals surface area contributed by atoms with Gasteiger partial charge in [0.25, 0.3) is 11.6 Å². The Hall–Kier alpha value is -2.85. The first-order chi connectivity index (χ1) is 12.6. The van der Waals surface area contributed by atoms with Crippen LogP contribution in [0.15, 0.2) is 18.2 Å². The maximum Gasteiger partial charge on any atom is 0.416 e. The lowest BCUT2D eigenvalue weighted by atomic mass is 10.1.